The molecule has 2 aliphatic heterocycles. The average Bonchev–Trinajstić information content (AvgIpc) is 2.79. The maximum atomic E-state index is 12.9. The molecule has 150 valence electrons. The number of sulfonamides is 1. The van der Waals surface area contributed by atoms with E-state index in [-0.39, 0.29) is 17.1 Å². The molecular formula is C20H30N2O4S. The number of likely N-dealkylation sites (tertiary alicyclic amines) is 1. The third-order valence-electron chi connectivity index (χ3n) is 5.74. The largest absolute Gasteiger partial charge is 0.497 e. The van der Waals surface area contributed by atoms with Gasteiger partial charge >= 0.3 is 0 Å². The van der Waals surface area contributed by atoms with Crippen molar-refractivity contribution in [1.29, 1.82) is 0 Å². The first-order chi connectivity index (χ1) is 12.8. The van der Waals surface area contributed by atoms with Crippen LogP contribution < -0.4 is 4.74 Å². The van der Waals surface area contributed by atoms with Crippen LogP contribution in [0.4, 0.5) is 0 Å². The zero-order valence-corrected chi connectivity index (χ0v) is 17.2. The molecule has 2 atom stereocenters. The lowest BCUT2D eigenvalue weighted by Gasteiger charge is -2.22. The van der Waals surface area contributed by atoms with E-state index >= 15 is 0 Å². The van der Waals surface area contributed by atoms with E-state index in [1.54, 1.807) is 40.6 Å². The topological polar surface area (TPSA) is 66.9 Å². The molecule has 6 nitrogen and oxygen atoms in total. The summed E-state index contributed by atoms with van der Waals surface area (Å²) in [5.74, 6) is 1.29. The third-order valence-corrected chi connectivity index (χ3v) is 8.18. The Bertz CT molecular complexity index is 761. The number of amides is 1. The molecule has 2 fully saturated rings. The molecule has 1 aromatic rings. The third kappa shape index (κ3) is 4.29. The summed E-state index contributed by atoms with van der Waals surface area (Å²) in [5, 5.41) is -0.349. The van der Waals surface area contributed by atoms with E-state index < -0.39 is 10.0 Å². The maximum Gasteiger partial charge on any atom is 0.253 e. The van der Waals surface area contributed by atoms with E-state index in [2.05, 4.69) is 13.8 Å². The van der Waals surface area contributed by atoms with Gasteiger partial charge in [-0.05, 0) is 55.4 Å². The molecule has 2 saturated heterocycles. The van der Waals surface area contributed by atoms with Gasteiger partial charge in [0.05, 0.1) is 12.4 Å². The number of hydrogen-bond donors (Lipinski definition) is 0. The van der Waals surface area contributed by atoms with Crippen LogP contribution in [0.15, 0.2) is 24.3 Å². The molecule has 7 heteroatoms. The van der Waals surface area contributed by atoms with Crippen molar-refractivity contribution in [2.75, 3.05) is 33.3 Å². The van der Waals surface area contributed by atoms with E-state index in [9.17, 15) is 13.2 Å². The zero-order chi connectivity index (χ0) is 19.6. The number of methoxy groups -OCH3 is 1. The van der Waals surface area contributed by atoms with Gasteiger partial charge in [-0.15, -0.1) is 0 Å². The van der Waals surface area contributed by atoms with Crippen LogP contribution in [0, 0.1) is 11.8 Å². The minimum atomic E-state index is -3.25. The first-order valence-corrected chi connectivity index (χ1v) is 11.3. The van der Waals surface area contributed by atoms with Gasteiger partial charge in [-0.25, -0.2) is 12.7 Å². The Morgan fingerprint density at radius 1 is 1.19 bits per heavy atom. The van der Waals surface area contributed by atoms with Crippen molar-refractivity contribution in [3.8, 4) is 5.75 Å². The summed E-state index contributed by atoms with van der Waals surface area (Å²) >= 11 is 0. The summed E-state index contributed by atoms with van der Waals surface area (Å²) in [7, 11) is -1.66. The first-order valence-electron chi connectivity index (χ1n) is 9.75. The van der Waals surface area contributed by atoms with E-state index in [1.807, 2.05) is 0 Å². The molecule has 0 unspecified atom stereocenters. The number of carbonyl (C=O) groups is 1. The highest BCUT2D eigenvalue weighted by Gasteiger charge is 2.46. The van der Waals surface area contributed by atoms with Crippen molar-refractivity contribution in [3.63, 3.8) is 0 Å². The second kappa shape index (κ2) is 8.19. The summed E-state index contributed by atoms with van der Waals surface area (Å²) < 4.78 is 32.7. The van der Waals surface area contributed by atoms with Gasteiger partial charge in [0.1, 0.15) is 5.75 Å². The monoisotopic (exact) mass is 394 g/mol. The van der Waals surface area contributed by atoms with E-state index in [0.29, 0.717) is 49.8 Å². The SMILES string of the molecule is COc1ccc(C(=O)N2CC[C@H]3CN(CCC(C)C)S(=O)(=O)[C@H]3CC2)cc1. The van der Waals surface area contributed by atoms with Crippen molar-refractivity contribution in [2.45, 2.75) is 38.4 Å². The molecule has 0 aromatic heterocycles. The molecule has 0 saturated carbocycles. The standard InChI is InChI=1S/C20H30N2O4S/c1-15(2)8-13-22-14-17-9-11-21(12-10-19(17)27(22,24)25)20(23)16-4-6-18(26-3)7-5-16/h4-7,15,17,19H,8-14H2,1-3H3/t17-,19-/m0/s1. The summed E-state index contributed by atoms with van der Waals surface area (Å²) in [6, 6.07) is 7.07. The normalized spacial score (nSPS) is 25.3. The number of hydrogen-bond acceptors (Lipinski definition) is 4. The Morgan fingerprint density at radius 2 is 1.85 bits per heavy atom. The number of ether oxygens (including phenoxy) is 1. The molecular weight excluding hydrogens is 364 g/mol. The Hall–Kier alpha value is -1.60. The molecule has 1 aromatic carbocycles. The van der Waals surface area contributed by atoms with E-state index in [4.69, 9.17) is 4.74 Å². The summed E-state index contributed by atoms with van der Waals surface area (Å²) in [4.78, 5) is 14.6. The van der Waals surface area contributed by atoms with Gasteiger partial charge in [-0.1, -0.05) is 13.8 Å². The fourth-order valence-electron chi connectivity index (χ4n) is 4.04. The van der Waals surface area contributed by atoms with Crippen molar-refractivity contribution in [3.05, 3.63) is 29.8 Å². The summed E-state index contributed by atoms with van der Waals surface area (Å²) in [6.45, 7) is 6.54. The van der Waals surface area contributed by atoms with Crippen LogP contribution >= 0.6 is 0 Å². The lowest BCUT2D eigenvalue weighted by molar-refractivity contribution is 0.0759. The van der Waals surface area contributed by atoms with Crippen LogP contribution in [0.1, 0.15) is 43.5 Å². The fraction of sp³-hybridized carbons (Fsp3) is 0.650. The average molecular weight is 395 g/mol. The lowest BCUT2D eigenvalue weighted by Crippen LogP contribution is -2.35. The molecule has 1 amide bonds. The first kappa shape index (κ1) is 20.1. The van der Waals surface area contributed by atoms with Gasteiger partial charge in [0.25, 0.3) is 5.91 Å². The number of fused-ring (bicyclic) bond motifs is 1. The predicted octanol–water partition coefficient (Wildman–Crippen LogP) is 2.61. The van der Waals surface area contributed by atoms with Crippen molar-refractivity contribution in [1.82, 2.24) is 9.21 Å². The van der Waals surface area contributed by atoms with E-state index in [1.165, 1.54) is 0 Å². The summed E-state index contributed by atoms with van der Waals surface area (Å²) in [6.07, 6.45) is 2.15. The molecule has 27 heavy (non-hydrogen) atoms. The van der Waals surface area contributed by atoms with Gasteiger partial charge in [0.2, 0.25) is 10.0 Å². The Labute approximate surface area is 162 Å². The molecule has 0 N–H and O–H groups in total. The number of benzene rings is 1. The maximum absolute atomic E-state index is 12.9. The van der Waals surface area contributed by atoms with Crippen LogP contribution in [-0.4, -0.2) is 62.1 Å². The Morgan fingerprint density at radius 3 is 2.48 bits per heavy atom. The number of rotatable bonds is 5. The molecule has 2 aliphatic rings. The van der Waals surface area contributed by atoms with Gasteiger partial charge in [-0.3, -0.25) is 4.79 Å². The molecule has 0 aliphatic carbocycles. The van der Waals surface area contributed by atoms with Crippen LogP contribution in [0.25, 0.3) is 0 Å². The van der Waals surface area contributed by atoms with Gasteiger partial charge in [0.15, 0.2) is 0 Å². The van der Waals surface area contributed by atoms with E-state index in [0.717, 1.165) is 12.8 Å². The fourth-order valence-corrected chi connectivity index (χ4v) is 6.29. The van der Waals surface area contributed by atoms with Crippen LogP contribution in [0.5, 0.6) is 5.75 Å². The highest BCUT2D eigenvalue weighted by atomic mass is 32.2. The second-order valence-electron chi connectivity index (χ2n) is 7.98. The minimum absolute atomic E-state index is 0.0355. The minimum Gasteiger partial charge on any atom is -0.497 e. The van der Waals surface area contributed by atoms with Crippen LogP contribution in [0.3, 0.4) is 0 Å². The second-order valence-corrected chi connectivity index (χ2v) is 10.1. The van der Waals surface area contributed by atoms with Gasteiger partial charge in [-0.2, -0.15) is 0 Å². The Balaban J connectivity index is 1.66. The molecule has 0 bridgehead atoms. The number of carbonyl (C=O) groups excluding carboxylic acids is 1. The van der Waals surface area contributed by atoms with Gasteiger partial charge < -0.3 is 9.64 Å². The molecule has 3 rings (SSSR count). The van der Waals surface area contributed by atoms with Crippen molar-refractivity contribution in [2.24, 2.45) is 11.8 Å². The highest BCUT2D eigenvalue weighted by molar-refractivity contribution is 7.90. The molecule has 0 radical (unpaired) electrons. The predicted molar refractivity (Wildman–Crippen MR) is 105 cm³/mol. The lowest BCUT2D eigenvalue weighted by atomic mass is 10.0. The quantitative estimate of drug-likeness (QED) is 0.770. The Kier molecular flexibility index (Phi) is 6.11. The van der Waals surface area contributed by atoms with Crippen LogP contribution in [-0.2, 0) is 10.0 Å². The zero-order valence-electron chi connectivity index (χ0n) is 16.4. The molecule has 2 heterocycles. The van der Waals surface area contributed by atoms with Crippen LogP contribution in [0.2, 0.25) is 0 Å². The smallest absolute Gasteiger partial charge is 0.253 e. The number of nitrogens with zero attached hydrogens (tertiary/aromatic N) is 2. The van der Waals surface area contributed by atoms with Crippen molar-refractivity contribution >= 4 is 15.9 Å². The highest BCUT2D eigenvalue weighted by Crippen LogP contribution is 2.35. The summed E-state index contributed by atoms with van der Waals surface area (Å²) in [5.41, 5.74) is 0.615. The van der Waals surface area contributed by atoms with Crippen molar-refractivity contribution < 1.29 is 17.9 Å². The molecule has 0 spiro atoms. The van der Waals surface area contributed by atoms with Gasteiger partial charge in [0, 0.05) is 31.7 Å².